The van der Waals surface area contributed by atoms with E-state index < -0.39 is 23.7 Å². The van der Waals surface area contributed by atoms with Crippen molar-refractivity contribution < 1.29 is 32.3 Å². The number of halogens is 3. The number of imide groups is 1. The monoisotopic (exact) mass is 772 g/mol. The average molecular weight is 773 g/mol. The van der Waals surface area contributed by atoms with Gasteiger partial charge in [-0.3, -0.25) is 24.7 Å². The van der Waals surface area contributed by atoms with E-state index in [9.17, 15) is 27.6 Å². The van der Waals surface area contributed by atoms with E-state index in [1.807, 2.05) is 57.2 Å². The maximum Gasteiger partial charge on any atom is 0.419 e. The van der Waals surface area contributed by atoms with E-state index >= 15 is 0 Å². The van der Waals surface area contributed by atoms with Gasteiger partial charge in [0, 0.05) is 75.4 Å². The summed E-state index contributed by atoms with van der Waals surface area (Å²) in [6.45, 7) is 8.56. The maximum absolute atomic E-state index is 14.1. The molecule has 0 saturated carbocycles. The molecular formula is C41H47F3N8O4. The van der Waals surface area contributed by atoms with Gasteiger partial charge in [-0.05, 0) is 82.1 Å². The smallest absolute Gasteiger partial charge is 0.419 e. The number of benzene rings is 3. The molecular weight excluding hydrogens is 725 g/mol. The number of ether oxygens (including phenoxy) is 1. The lowest BCUT2D eigenvalue weighted by Gasteiger charge is -2.38. The molecule has 6 rings (SSSR count). The van der Waals surface area contributed by atoms with E-state index in [1.165, 1.54) is 19.2 Å². The molecule has 0 unspecified atom stereocenters. The van der Waals surface area contributed by atoms with Crippen LogP contribution in [0.25, 0.3) is 0 Å². The molecule has 4 amide bonds. The van der Waals surface area contributed by atoms with Crippen LogP contribution in [0.4, 0.5) is 52.2 Å². The van der Waals surface area contributed by atoms with E-state index in [2.05, 4.69) is 43.1 Å². The SMILES string of the molecule is CNC(=O)c1ccccc1Nc1cc(Nc2cc(C)c(N3CCC(N(C)Cc4ccc(N5CCC(=O)NC5=O)cc4)CC3)cc2OC(C)C)ncc1C(F)(F)F. The first kappa shape index (κ1) is 39.9. The van der Waals surface area contributed by atoms with Crippen molar-refractivity contribution in [3.05, 3.63) is 95.2 Å². The van der Waals surface area contributed by atoms with Crippen LogP contribution in [-0.4, -0.2) is 73.6 Å². The highest BCUT2D eigenvalue weighted by Gasteiger charge is 2.35. The van der Waals surface area contributed by atoms with Crippen molar-refractivity contribution >= 4 is 52.1 Å². The number of para-hydroxylation sites is 1. The number of rotatable bonds is 12. The molecule has 4 N–H and O–H groups in total. The summed E-state index contributed by atoms with van der Waals surface area (Å²) in [5.41, 5.74) is 3.58. The Balaban J connectivity index is 1.15. The van der Waals surface area contributed by atoms with E-state index in [1.54, 1.807) is 23.1 Å². The quantitative estimate of drug-likeness (QED) is 0.115. The maximum atomic E-state index is 14.1. The molecule has 296 valence electrons. The number of pyridine rings is 1. The summed E-state index contributed by atoms with van der Waals surface area (Å²) < 4.78 is 48.7. The minimum atomic E-state index is -4.70. The molecule has 3 aromatic carbocycles. The summed E-state index contributed by atoms with van der Waals surface area (Å²) >= 11 is 0. The minimum Gasteiger partial charge on any atom is -0.489 e. The molecule has 2 fully saturated rings. The molecule has 2 saturated heterocycles. The van der Waals surface area contributed by atoms with Crippen LogP contribution in [0, 0.1) is 6.92 Å². The van der Waals surface area contributed by atoms with E-state index in [4.69, 9.17) is 4.74 Å². The van der Waals surface area contributed by atoms with Gasteiger partial charge in [0.2, 0.25) is 5.91 Å². The Morgan fingerprint density at radius 3 is 2.36 bits per heavy atom. The van der Waals surface area contributed by atoms with Gasteiger partial charge in [0.15, 0.2) is 0 Å². The van der Waals surface area contributed by atoms with Crippen molar-refractivity contribution in [2.75, 3.05) is 54.2 Å². The van der Waals surface area contributed by atoms with Crippen LogP contribution in [0.1, 0.15) is 60.2 Å². The number of alkyl halides is 3. The predicted molar refractivity (Wildman–Crippen MR) is 211 cm³/mol. The fourth-order valence-corrected chi connectivity index (χ4v) is 7.08. The second-order valence-electron chi connectivity index (χ2n) is 14.3. The minimum absolute atomic E-state index is 0.158. The van der Waals surface area contributed by atoms with Crippen molar-refractivity contribution in [1.82, 2.24) is 20.5 Å². The number of carbonyl (C=O) groups excluding carboxylic acids is 3. The zero-order valence-electron chi connectivity index (χ0n) is 32.1. The van der Waals surface area contributed by atoms with Crippen LogP contribution in [0.5, 0.6) is 5.75 Å². The van der Waals surface area contributed by atoms with Gasteiger partial charge in [0.05, 0.1) is 34.3 Å². The Labute approximate surface area is 324 Å². The molecule has 0 radical (unpaired) electrons. The molecule has 15 heteroatoms. The standard InChI is InChI=1S/C41H47F3N8O4/c1-25(2)56-36-22-35(51-17-14-28(15-18-51)50(5)24-27-10-12-29(13-11-27)52-19-16-38(53)49-40(52)55)26(3)20-34(36)48-37-21-33(31(23-46-37)41(42,43)44)47-32-9-7-6-8-30(32)39(54)45-4/h6-13,20-23,25,28H,14-19,24H2,1-5H3,(H,45,54)(H2,46,47,48)(H,49,53,55). The molecule has 0 atom stereocenters. The number of aryl methyl sites for hydroxylation is 1. The van der Waals surface area contributed by atoms with Crippen molar-refractivity contribution in [2.24, 2.45) is 0 Å². The Kier molecular flexibility index (Phi) is 12.0. The topological polar surface area (TPSA) is 131 Å². The van der Waals surface area contributed by atoms with Gasteiger partial charge in [-0.25, -0.2) is 9.78 Å². The number of nitrogens with one attached hydrogen (secondary N) is 4. The molecule has 0 aliphatic carbocycles. The summed E-state index contributed by atoms with van der Waals surface area (Å²) in [5.74, 6) is -0.00000365. The largest absolute Gasteiger partial charge is 0.489 e. The number of nitrogens with zero attached hydrogens (tertiary/aromatic N) is 4. The summed E-state index contributed by atoms with van der Waals surface area (Å²) in [7, 11) is 3.57. The Hall–Kier alpha value is -5.83. The number of carbonyl (C=O) groups is 3. The fourth-order valence-electron chi connectivity index (χ4n) is 7.08. The third-order valence-electron chi connectivity index (χ3n) is 9.96. The van der Waals surface area contributed by atoms with E-state index in [0.29, 0.717) is 24.0 Å². The van der Waals surface area contributed by atoms with Crippen molar-refractivity contribution in [1.29, 1.82) is 0 Å². The summed E-state index contributed by atoms with van der Waals surface area (Å²) in [4.78, 5) is 46.6. The fraction of sp³-hybridized carbons (Fsp3) is 0.366. The summed E-state index contributed by atoms with van der Waals surface area (Å²) in [6.07, 6.45) is -1.96. The van der Waals surface area contributed by atoms with Gasteiger partial charge < -0.3 is 25.6 Å². The molecule has 56 heavy (non-hydrogen) atoms. The molecule has 4 aromatic rings. The third kappa shape index (κ3) is 9.33. The van der Waals surface area contributed by atoms with Gasteiger partial charge >= 0.3 is 12.2 Å². The second kappa shape index (κ2) is 16.9. The number of amides is 4. The predicted octanol–water partition coefficient (Wildman–Crippen LogP) is 7.59. The number of hydrogen-bond donors (Lipinski definition) is 4. The second-order valence-corrected chi connectivity index (χ2v) is 14.3. The number of anilines is 6. The third-order valence-corrected chi connectivity index (χ3v) is 9.96. The highest BCUT2D eigenvalue weighted by atomic mass is 19.4. The first-order chi connectivity index (χ1) is 26.7. The van der Waals surface area contributed by atoms with Crippen molar-refractivity contribution in [3.8, 4) is 5.75 Å². The molecule has 0 spiro atoms. The van der Waals surface area contributed by atoms with Crippen LogP contribution in [-0.2, 0) is 17.5 Å². The van der Waals surface area contributed by atoms with Gasteiger partial charge in [-0.1, -0.05) is 24.3 Å². The van der Waals surface area contributed by atoms with Crippen LogP contribution in [0.15, 0.2) is 72.9 Å². The molecule has 12 nitrogen and oxygen atoms in total. The molecule has 2 aliphatic heterocycles. The van der Waals surface area contributed by atoms with Gasteiger partial charge in [0.25, 0.3) is 5.91 Å². The summed E-state index contributed by atoms with van der Waals surface area (Å²) in [5, 5.41) is 10.9. The van der Waals surface area contributed by atoms with Crippen LogP contribution >= 0.6 is 0 Å². The Morgan fingerprint density at radius 2 is 1.70 bits per heavy atom. The van der Waals surface area contributed by atoms with E-state index in [0.717, 1.165) is 61.2 Å². The van der Waals surface area contributed by atoms with Gasteiger partial charge in [-0.15, -0.1) is 0 Å². The van der Waals surface area contributed by atoms with Crippen molar-refractivity contribution in [2.45, 2.75) is 64.9 Å². The highest BCUT2D eigenvalue weighted by Crippen LogP contribution is 2.40. The Bertz CT molecular complexity index is 2070. The number of hydrogen-bond acceptors (Lipinski definition) is 9. The van der Waals surface area contributed by atoms with Crippen LogP contribution < -0.4 is 35.8 Å². The van der Waals surface area contributed by atoms with Crippen molar-refractivity contribution in [3.63, 3.8) is 0 Å². The zero-order valence-corrected chi connectivity index (χ0v) is 32.1. The van der Waals surface area contributed by atoms with Crippen LogP contribution in [0.2, 0.25) is 0 Å². The molecule has 3 heterocycles. The molecule has 2 aliphatic rings. The molecule has 1 aromatic heterocycles. The normalized spacial score (nSPS) is 15.2. The number of aromatic nitrogens is 1. The lowest BCUT2D eigenvalue weighted by atomic mass is 10.0. The Morgan fingerprint density at radius 1 is 0.982 bits per heavy atom. The average Bonchev–Trinajstić information content (AvgIpc) is 3.16. The number of piperidine rings is 1. The summed E-state index contributed by atoms with van der Waals surface area (Å²) in [6, 6.07) is 19.3. The lowest BCUT2D eigenvalue weighted by Crippen LogP contribution is -2.49. The van der Waals surface area contributed by atoms with Gasteiger partial charge in [-0.2, -0.15) is 13.2 Å². The molecule has 0 bridgehead atoms. The zero-order chi connectivity index (χ0) is 40.1. The number of urea groups is 1. The van der Waals surface area contributed by atoms with Gasteiger partial charge in [0.1, 0.15) is 11.6 Å². The first-order valence-electron chi connectivity index (χ1n) is 18.6. The lowest BCUT2D eigenvalue weighted by molar-refractivity contribution is -0.137. The van der Waals surface area contributed by atoms with Crippen LogP contribution in [0.3, 0.4) is 0 Å². The van der Waals surface area contributed by atoms with E-state index in [-0.39, 0.29) is 41.2 Å². The first-order valence-corrected chi connectivity index (χ1v) is 18.6. The highest BCUT2D eigenvalue weighted by molar-refractivity contribution is 6.05.